The number of rotatable bonds is 55. The molecule has 1 aliphatic heterocycles. The predicted molar refractivity (Wildman–Crippen MR) is 338 cm³/mol. The highest BCUT2D eigenvalue weighted by Gasteiger charge is 2.47. The molecule has 466 valence electrons. The van der Waals surface area contributed by atoms with E-state index in [0.29, 0.717) is 19.3 Å². The molecule has 0 aliphatic carbocycles. The summed E-state index contributed by atoms with van der Waals surface area (Å²) in [5.74, 6) is -1.27. The molecule has 8 unspecified atom stereocenters. The zero-order valence-electron chi connectivity index (χ0n) is 51.6. The van der Waals surface area contributed by atoms with E-state index in [1.54, 1.807) is 6.08 Å². The quantitative estimate of drug-likeness (QED) is 0.0149. The first kappa shape index (κ1) is 75.6. The zero-order valence-corrected chi connectivity index (χ0v) is 51.6. The third-order valence-electron chi connectivity index (χ3n) is 15.1. The van der Waals surface area contributed by atoms with Gasteiger partial charge in [0.05, 0.1) is 25.4 Å². The molecule has 1 heterocycles. The zero-order chi connectivity index (χ0) is 58.9. The van der Waals surface area contributed by atoms with Gasteiger partial charge in [-0.3, -0.25) is 9.59 Å². The van der Waals surface area contributed by atoms with Crippen LogP contribution in [0.2, 0.25) is 0 Å². The highest BCUT2D eigenvalue weighted by molar-refractivity contribution is 5.80. The van der Waals surface area contributed by atoms with Gasteiger partial charge in [0.1, 0.15) is 24.4 Å². The molecule has 0 spiro atoms. The summed E-state index contributed by atoms with van der Waals surface area (Å²) in [6.45, 7) is 5.59. The van der Waals surface area contributed by atoms with Gasteiger partial charge in [-0.25, -0.2) is 0 Å². The number of hydrogen-bond donors (Lipinski definition) is 6. The summed E-state index contributed by atoms with van der Waals surface area (Å²) in [4.78, 5) is 26.5. The molecule has 11 heteroatoms. The molecule has 0 aromatic rings. The van der Waals surface area contributed by atoms with Crippen LogP contribution < -0.4 is 5.32 Å². The van der Waals surface area contributed by atoms with E-state index in [1.807, 2.05) is 60.8 Å². The van der Waals surface area contributed by atoms with Gasteiger partial charge in [0.15, 0.2) is 12.4 Å². The lowest BCUT2D eigenvalue weighted by Gasteiger charge is -2.41. The van der Waals surface area contributed by atoms with E-state index in [9.17, 15) is 35.1 Å². The van der Waals surface area contributed by atoms with Crippen molar-refractivity contribution < 1.29 is 49.3 Å². The van der Waals surface area contributed by atoms with Crippen LogP contribution in [0.4, 0.5) is 0 Å². The Labute approximate surface area is 495 Å². The molecule has 1 saturated heterocycles. The summed E-state index contributed by atoms with van der Waals surface area (Å²) in [5, 5.41) is 57.0. The SMILES string of the molecule is CC/C=C/C=C/C=C\C=C/C=C/CCCC(=O)OC1C(OCC(NC(=O)C(O)CCCCCCCCCCCCCCCCCC/C=C\C/C=C\CCCCC)C(O)/C=C/CCCCCCCCCCCCC)OC(CO)C(O)C1O. The lowest BCUT2D eigenvalue weighted by atomic mass is 9.99. The molecule has 8 atom stereocenters. The highest BCUT2D eigenvalue weighted by Crippen LogP contribution is 2.26. The van der Waals surface area contributed by atoms with Crippen LogP contribution >= 0.6 is 0 Å². The highest BCUT2D eigenvalue weighted by atomic mass is 16.7. The van der Waals surface area contributed by atoms with Gasteiger partial charge in [0, 0.05) is 6.42 Å². The van der Waals surface area contributed by atoms with Gasteiger partial charge in [-0.2, -0.15) is 0 Å². The number of carbonyl (C=O) groups excluding carboxylic acids is 2. The molecule has 0 bridgehead atoms. The van der Waals surface area contributed by atoms with Crippen molar-refractivity contribution in [2.45, 2.75) is 320 Å². The van der Waals surface area contributed by atoms with Crippen molar-refractivity contribution in [1.29, 1.82) is 0 Å². The molecule has 81 heavy (non-hydrogen) atoms. The third kappa shape index (κ3) is 44.7. The largest absolute Gasteiger partial charge is 0.454 e. The van der Waals surface area contributed by atoms with Crippen molar-refractivity contribution in [3.05, 3.63) is 97.2 Å². The van der Waals surface area contributed by atoms with Crippen molar-refractivity contribution in [2.24, 2.45) is 0 Å². The van der Waals surface area contributed by atoms with Crippen LogP contribution in [0.5, 0.6) is 0 Å². The van der Waals surface area contributed by atoms with Gasteiger partial charge >= 0.3 is 5.97 Å². The second-order valence-electron chi connectivity index (χ2n) is 22.6. The molecule has 0 aromatic heterocycles. The van der Waals surface area contributed by atoms with E-state index in [2.05, 4.69) is 56.5 Å². The van der Waals surface area contributed by atoms with Crippen molar-refractivity contribution >= 4 is 11.9 Å². The lowest BCUT2D eigenvalue weighted by Crippen LogP contribution is -2.61. The van der Waals surface area contributed by atoms with E-state index in [0.717, 1.165) is 51.4 Å². The minimum atomic E-state index is -1.65. The van der Waals surface area contributed by atoms with E-state index in [4.69, 9.17) is 14.2 Å². The van der Waals surface area contributed by atoms with Crippen LogP contribution in [0.1, 0.15) is 271 Å². The maximum absolute atomic E-state index is 13.5. The fraction of sp³-hybridized carbons (Fsp3) is 0.743. The topological polar surface area (TPSA) is 175 Å². The number of unbranched alkanes of at least 4 members (excludes halogenated alkanes) is 31. The van der Waals surface area contributed by atoms with Crippen molar-refractivity contribution in [1.82, 2.24) is 5.32 Å². The molecular weight excluding hydrogens is 1010 g/mol. The van der Waals surface area contributed by atoms with Crippen molar-refractivity contribution in [3.63, 3.8) is 0 Å². The van der Waals surface area contributed by atoms with Crippen LogP contribution in [0.3, 0.4) is 0 Å². The van der Waals surface area contributed by atoms with Gasteiger partial charge in [0.2, 0.25) is 5.91 Å². The minimum absolute atomic E-state index is 0.0242. The molecule has 1 fully saturated rings. The monoisotopic (exact) mass is 1140 g/mol. The molecule has 1 rings (SSSR count). The number of carbonyl (C=O) groups is 2. The summed E-state index contributed by atoms with van der Waals surface area (Å²) < 4.78 is 17.5. The summed E-state index contributed by atoms with van der Waals surface area (Å²) in [5.41, 5.74) is 0. The predicted octanol–water partition coefficient (Wildman–Crippen LogP) is 16.3. The average molecular weight is 1140 g/mol. The third-order valence-corrected chi connectivity index (χ3v) is 15.1. The number of allylic oxidation sites excluding steroid dienone is 15. The Morgan fingerprint density at radius 2 is 0.938 bits per heavy atom. The molecular formula is C70H121NO10. The molecule has 6 N–H and O–H groups in total. The fourth-order valence-electron chi connectivity index (χ4n) is 9.89. The Morgan fingerprint density at radius 3 is 1.44 bits per heavy atom. The number of amides is 1. The van der Waals surface area contributed by atoms with Gasteiger partial charge in [0.25, 0.3) is 0 Å². The first-order valence-electron chi connectivity index (χ1n) is 33.1. The lowest BCUT2D eigenvalue weighted by molar-refractivity contribution is -0.305. The number of ether oxygens (including phenoxy) is 3. The molecule has 1 aliphatic rings. The summed E-state index contributed by atoms with van der Waals surface area (Å²) in [7, 11) is 0. The van der Waals surface area contributed by atoms with Crippen LogP contribution in [-0.2, 0) is 23.8 Å². The van der Waals surface area contributed by atoms with E-state index in [-0.39, 0.29) is 19.4 Å². The summed E-state index contributed by atoms with van der Waals surface area (Å²) >= 11 is 0. The van der Waals surface area contributed by atoms with Crippen LogP contribution in [0, 0.1) is 0 Å². The van der Waals surface area contributed by atoms with Gasteiger partial charge < -0.3 is 45.1 Å². The van der Waals surface area contributed by atoms with E-state index < -0.39 is 67.4 Å². The average Bonchev–Trinajstić information content (AvgIpc) is 3.50. The maximum atomic E-state index is 13.5. The first-order valence-corrected chi connectivity index (χ1v) is 33.1. The Kier molecular flexibility index (Phi) is 53.2. The second-order valence-corrected chi connectivity index (χ2v) is 22.6. The van der Waals surface area contributed by atoms with E-state index >= 15 is 0 Å². The number of hydrogen-bond acceptors (Lipinski definition) is 10. The summed E-state index contributed by atoms with van der Waals surface area (Å²) in [6.07, 6.45) is 66.2. The van der Waals surface area contributed by atoms with Gasteiger partial charge in [-0.1, -0.05) is 291 Å². The number of aliphatic hydroxyl groups is 5. The van der Waals surface area contributed by atoms with Crippen molar-refractivity contribution in [2.75, 3.05) is 13.2 Å². The van der Waals surface area contributed by atoms with Gasteiger partial charge in [-0.15, -0.1) is 0 Å². The molecule has 0 saturated carbocycles. The Bertz CT molecular complexity index is 1690. The Morgan fingerprint density at radius 1 is 0.506 bits per heavy atom. The maximum Gasteiger partial charge on any atom is 0.306 e. The standard InChI is InChI=1S/C70H121NO10/c1-4-7-10-13-16-19-22-25-26-27-28-29-30-31-32-33-34-35-36-37-40-42-45-48-51-54-57-63(74)69(78)71-61(62(73)56-53-50-47-44-41-38-23-20-17-14-11-8-5-2)60-79-70-68(67(77)66(76)64(59-72)80-70)81-65(75)58-55-52-49-46-43-39-24-21-18-15-12-9-6-3/h9,12,15-16,18-19,21,24-26,39,43,46,49,53,56,61-64,66-68,70,72-74,76-77H,4-8,10-11,13-14,17,20,22-23,27-38,40-42,44-45,47-48,50-52,54-55,57-60H2,1-3H3,(H,71,78)/b12-9+,18-15+,19-16-,24-21-,26-25-,43-39-,49-46+,56-53+. The fourth-order valence-corrected chi connectivity index (χ4v) is 9.89. The van der Waals surface area contributed by atoms with Crippen LogP contribution in [-0.4, -0.2) is 99.6 Å². The second kappa shape index (κ2) is 57.0. The minimum Gasteiger partial charge on any atom is -0.454 e. The van der Waals surface area contributed by atoms with Crippen LogP contribution in [0.25, 0.3) is 0 Å². The Hall–Kier alpha value is -3.42. The molecule has 11 nitrogen and oxygen atoms in total. The number of esters is 1. The molecule has 1 amide bonds. The summed E-state index contributed by atoms with van der Waals surface area (Å²) in [6, 6.07) is -1.04. The smallest absolute Gasteiger partial charge is 0.306 e. The number of aliphatic hydroxyl groups excluding tert-OH is 5. The van der Waals surface area contributed by atoms with Crippen LogP contribution in [0.15, 0.2) is 97.2 Å². The normalized spacial score (nSPS) is 19.3. The molecule has 0 radical (unpaired) electrons. The Balaban J connectivity index is 2.61. The van der Waals surface area contributed by atoms with E-state index in [1.165, 1.54) is 167 Å². The van der Waals surface area contributed by atoms with Crippen molar-refractivity contribution in [3.8, 4) is 0 Å². The first-order chi connectivity index (χ1) is 39.7. The van der Waals surface area contributed by atoms with Gasteiger partial charge in [-0.05, 0) is 70.6 Å². The molecule has 0 aromatic carbocycles. The number of nitrogens with one attached hydrogen (secondary N) is 1.